The van der Waals surface area contributed by atoms with Crippen LogP contribution in [0.15, 0.2) is 34.0 Å². The highest BCUT2D eigenvalue weighted by Gasteiger charge is 2.30. The maximum Gasteiger partial charge on any atom is 0.267 e. The van der Waals surface area contributed by atoms with Gasteiger partial charge in [0.25, 0.3) is 5.56 Å². The summed E-state index contributed by atoms with van der Waals surface area (Å²) >= 11 is 0. The van der Waals surface area contributed by atoms with Crippen LogP contribution in [-0.2, 0) is 28.4 Å². The molecule has 2 N–H and O–H groups in total. The molecule has 0 saturated heterocycles. The van der Waals surface area contributed by atoms with E-state index in [0.29, 0.717) is 24.2 Å². The SMILES string of the molecule is CC(C)(C)c1ccc(S(=O)(=O)N2CCc3c([nH][nH]c3=O)C2)cc1. The minimum atomic E-state index is -3.56. The number of aromatic amines is 2. The topological polar surface area (TPSA) is 86.0 Å². The van der Waals surface area contributed by atoms with Gasteiger partial charge in [0.05, 0.1) is 17.1 Å². The summed E-state index contributed by atoms with van der Waals surface area (Å²) in [6.45, 7) is 6.77. The normalized spacial score (nSPS) is 16.3. The van der Waals surface area contributed by atoms with E-state index in [1.165, 1.54) is 4.31 Å². The molecule has 7 heteroatoms. The van der Waals surface area contributed by atoms with Gasteiger partial charge in [0, 0.05) is 12.1 Å². The van der Waals surface area contributed by atoms with Crippen LogP contribution in [0, 0.1) is 0 Å². The smallest absolute Gasteiger partial charge is 0.267 e. The molecule has 0 amide bonds. The molecule has 0 aliphatic carbocycles. The maximum absolute atomic E-state index is 12.8. The molecule has 1 aromatic heterocycles. The standard InChI is InChI=1S/C16H21N3O3S/c1-16(2,3)11-4-6-12(7-5-11)23(21,22)19-9-8-13-14(10-19)17-18-15(13)20/h4-7H,8-10H2,1-3H3,(H2,17,18,20). The Hall–Kier alpha value is -1.86. The first-order valence-electron chi connectivity index (χ1n) is 7.59. The Morgan fingerprint density at radius 3 is 2.35 bits per heavy atom. The minimum absolute atomic E-state index is 0.0209. The molecule has 0 saturated carbocycles. The van der Waals surface area contributed by atoms with Crippen molar-refractivity contribution in [1.29, 1.82) is 0 Å². The molecular formula is C16H21N3O3S. The average molecular weight is 335 g/mol. The highest BCUT2D eigenvalue weighted by molar-refractivity contribution is 7.89. The van der Waals surface area contributed by atoms with Crippen molar-refractivity contribution in [2.45, 2.75) is 44.0 Å². The molecule has 0 spiro atoms. The second kappa shape index (κ2) is 5.35. The lowest BCUT2D eigenvalue weighted by atomic mass is 9.87. The maximum atomic E-state index is 12.8. The van der Waals surface area contributed by atoms with Crippen molar-refractivity contribution in [3.8, 4) is 0 Å². The Bertz CT molecular complexity index is 871. The van der Waals surface area contributed by atoms with Gasteiger partial charge >= 0.3 is 0 Å². The van der Waals surface area contributed by atoms with Crippen LogP contribution in [0.1, 0.15) is 37.6 Å². The molecule has 0 fully saturated rings. The molecule has 0 radical (unpaired) electrons. The first kappa shape index (κ1) is 16.0. The van der Waals surface area contributed by atoms with Crippen molar-refractivity contribution in [2.24, 2.45) is 0 Å². The summed E-state index contributed by atoms with van der Waals surface area (Å²) in [7, 11) is -3.56. The highest BCUT2D eigenvalue weighted by Crippen LogP contribution is 2.26. The predicted molar refractivity (Wildman–Crippen MR) is 87.9 cm³/mol. The van der Waals surface area contributed by atoms with Crippen LogP contribution >= 0.6 is 0 Å². The van der Waals surface area contributed by atoms with Gasteiger partial charge in [-0.15, -0.1) is 0 Å². The quantitative estimate of drug-likeness (QED) is 0.876. The van der Waals surface area contributed by atoms with E-state index < -0.39 is 10.0 Å². The molecule has 0 unspecified atom stereocenters. The van der Waals surface area contributed by atoms with E-state index in [2.05, 4.69) is 31.0 Å². The molecule has 124 valence electrons. The van der Waals surface area contributed by atoms with Gasteiger partial charge in [-0.05, 0) is 29.5 Å². The molecule has 2 heterocycles. The Morgan fingerprint density at radius 1 is 1.09 bits per heavy atom. The van der Waals surface area contributed by atoms with Crippen LogP contribution in [-0.4, -0.2) is 29.5 Å². The molecule has 3 rings (SSSR count). The van der Waals surface area contributed by atoms with Gasteiger partial charge in [-0.25, -0.2) is 8.42 Å². The van der Waals surface area contributed by atoms with Crippen LogP contribution < -0.4 is 5.56 Å². The van der Waals surface area contributed by atoms with Gasteiger partial charge in [-0.1, -0.05) is 32.9 Å². The van der Waals surface area contributed by atoms with Crippen molar-refractivity contribution in [3.63, 3.8) is 0 Å². The van der Waals surface area contributed by atoms with Crippen LogP contribution in [0.5, 0.6) is 0 Å². The molecule has 1 aliphatic rings. The van der Waals surface area contributed by atoms with Crippen molar-refractivity contribution in [2.75, 3.05) is 6.54 Å². The lowest BCUT2D eigenvalue weighted by Crippen LogP contribution is -2.36. The summed E-state index contributed by atoms with van der Waals surface area (Å²) in [6, 6.07) is 7.04. The van der Waals surface area contributed by atoms with Crippen LogP contribution in [0.25, 0.3) is 0 Å². The molecular weight excluding hydrogens is 314 g/mol. The fourth-order valence-corrected chi connectivity index (χ4v) is 4.20. The van der Waals surface area contributed by atoms with Crippen molar-refractivity contribution in [1.82, 2.24) is 14.5 Å². The summed E-state index contributed by atoms with van der Waals surface area (Å²) in [4.78, 5) is 11.9. The molecule has 6 nitrogen and oxygen atoms in total. The lowest BCUT2D eigenvalue weighted by molar-refractivity contribution is 0.386. The Balaban J connectivity index is 1.89. The third kappa shape index (κ3) is 2.86. The van der Waals surface area contributed by atoms with Crippen molar-refractivity contribution in [3.05, 3.63) is 51.4 Å². The van der Waals surface area contributed by atoms with Crippen molar-refractivity contribution < 1.29 is 8.42 Å². The third-order valence-corrected chi connectivity index (χ3v) is 6.13. The van der Waals surface area contributed by atoms with E-state index in [0.717, 1.165) is 5.56 Å². The number of nitrogens with zero attached hydrogens (tertiary/aromatic N) is 1. The summed E-state index contributed by atoms with van der Waals surface area (Å²) in [5.41, 5.74) is 2.21. The van der Waals surface area contributed by atoms with E-state index in [-0.39, 0.29) is 22.4 Å². The minimum Gasteiger partial charge on any atom is -0.301 e. The molecule has 23 heavy (non-hydrogen) atoms. The number of nitrogens with one attached hydrogen (secondary N) is 2. The van der Waals surface area contributed by atoms with E-state index in [1.807, 2.05) is 12.1 Å². The van der Waals surface area contributed by atoms with Gasteiger partial charge in [-0.2, -0.15) is 4.31 Å². The summed E-state index contributed by atoms with van der Waals surface area (Å²) in [6.07, 6.45) is 0.424. The zero-order valence-electron chi connectivity index (χ0n) is 13.5. The second-order valence-electron chi connectivity index (χ2n) is 6.90. The van der Waals surface area contributed by atoms with Crippen molar-refractivity contribution >= 4 is 10.0 Å². The van der Waals surface area contributed by atoms with Gasteiger partial charge in [-0.3, -0.25) is 9.89 Å². The molecule has 0 bridgehead atoms. The second-order valence-corrected chi connectivity index (χ2v) is 8.84. The van der Waals surface area contributed by atoms with E-state index >= 15 is 0 Å². The number of rotatable bonds is 2. The highest BCUT2D eigenvalue weighted by atomic mass is 32.2. The number of H-pyrrole nitrogens is 2. The van der Waals surface area contributed by atoms with Gasteiger partial charge in [0.1, 0.15) is 0 Å². The zero-order valence-corrected chi connectivity index (χ0v) is 14.3. The number of fused-ring (bicyclic) bond motifs is 1. The number of benzene rings is 1. The molecule has 1 aliphatic heterocycles. The predicted octanol–water partition coefficient (Wildman–Crippen LogP) is 1.75. The van der Waals surface area contributed by atoms with Gasteiger partial charge in [0.2, 0.25) is 10.0 Å². The lowest BCUT2D eigenvalue weighted by Gasteiger charge is -2.26. The van der Waals surface area contributed by atoms with E-state index in [1.54, 1.807) is 12.1 Å². The third-order valence-electron chi connectivity index (χ3n) is 4.27. The Labute approximate surface area is 135 Å². The number of sulfonamides is 1. The fraction of sp³-hybridized carbons (Fsp3) is 0.438. The average Bonchev–Trinajstić information content (AvgIpc) is 2.87. The number of hydrogen-bond donors (Lipinski definition) is 2. The van der Waals surface area contributed by atoms with Gasteiger partial charge in [0.15, 0.2) is 0 Å². The largest absolute Gasteiger partial charge is 0.301 e. The van der Waals surface area contributed by atoms with E-state index in [4.69, 9.17) is 0 Å². The van der Waals surface area contributed by atoms with E-state index in [9.17, 15) is 13.2 Å². The molecule has 2 aromatic rings. The monoisotopic (exact) mass is 335 g/mol. The fourth-order valence-electron chi connectivity index (χ4n) is 2.79. The van der Waals surface area contributed by atoms with Gasteiger partial charge < -0.3 is 5.10 Å². The summed E-state index contributed by atoms with van der Waals surface area (Å²) < 4.78 is 27.0. The Morgan fingerprint density at radius 2 is 1.74 bits per heavy atom. The number of aromatic nitrogens is 2. The molecule has 0 atom stereocenters. The van der Waals surface area contributed by atoms with Crippen LogP contribution in [0.2, 0.25) is 0 Å². The summed E-state index contributed by atoms with van der Waals surface area (Å²) in [5.74, 6) is 0. The Kier molecular flexibility index (Phi) is 3.72. The first-order valence-corrected chi connectivity index (χ1v) is 9.03. The van der Waals surface area contributed by atoms with Crippen LogP contribution in [0.3, 0.4) is 0 Å². The number of hydrogen-bond acceptors (Lipinski definition) is 3. The first-order chi connectivity index (χ1) is 10.7. The summed E-state index contributed by atoms with van der Waals surface area (Å²) in [5, 5.41) is 5.28. The molecule has 1 aromatic carbocycles. The van der Waals surface area contributed by atoms with Crippen LogP contribution in [0.4, 0.5) is 0 Å². The zero-order chi connectivity index (χ0) is 16.8.